The van der Waals surface area contributed by atoms with E-state index in [9.17, 15) is 0 Å². The molecule has 1 saturated heterocycles. The Labute approximate surface area is 190 Å². The minimum atomic E-state index is 0. The van der Waals surface area contributed by atoms with Crippen LogP contribution in [0, 0.1) is 6.92 Å². The van der Waals surface area contributed by atoms with Crippen molar-refractivity contribution >= 4 is 29.9 Å². The molecule has 29 heavy (non-hydrogen) atoms. The Hall–Kier alpha value is -1.68. The lowest BCUT2D eigenvalue weighted by molar-refractivity contribution is 0.134. The summed E-state index contributed by atoms with van der Waals surface area (Å²) in [6.07, 6.45) is 2.88. The van der Waals surface area contributed by atoms with Crippen LogP contribution in [0.15, 0.2) is 39.8 Å². The average Bonchev–Trinajstić information content (AvgIpc) is 3.10. The van der Waals surface area contributed by atoms with E-state index in [2.05, 4.69) is 74.8 Å². The summed E-state index contributed by atoms with van der Waals surface area (Å²) in [4.78, 5) is 11.5. The van der Waals surface area contributed by atoms with Crippen molar-refractivity contribution < 1.29 is 4.52 Å². The first-order valence-corrected chi connectivity index (χ1v) is 10.3. The Bertz CT molecular complexity index is 751. The average molecular weight is 512 g/mol. The molecule has 0 spiro atoms. The van der Waals surface area contributed by atoms with Crippen molar-refractivity contribution in [1.29, 1.82) is 0 Å². The summed E-state index contributed by atoms with van der Waals surface area (Å²) >= 11 is 0. The van der Waals surface area contributed by atoms with Gasteiger partial charge in [0.1, 0.15) is 0 Å². The molecule has 8 heteroatoms. The van der Waals surface area contributed by atoms with Crippen molar-refractivity contribution in [2.45, 2.75) is 58.7 Å². The minimum Gasteiger partial charge on any atom is -0.357 e. The molecule has 160 valence electrons. The molecule has 2 aromatic rings. The molecule has 2 atom stereocenters. The maximum absolute atomic E-state index is 5.15. The number of hydrogen-bond acceptors (Lipinski definition) is 5. The number of rotatable bonds is 7. The summed E-state index contributed by atoms with van der Waals surface area (Å²) in [6.45, 7) is 9.81. The number of nitrogens with one attached hydrogen (secondary N) is 2. The number of nitrogens with zero attached hydrogens (tertiary/aromatic N) is 4. The maximum Gasteiger partial charge on any atom is 0.228 e. The Morgan fingerprint density at radius 2 is 2.10 bits per heavy atom. The second kappa shape index (κ2) is 12.1. The van der Waals surface area contributed by atoms with Gasteiger partial charge < -0.3 is 15.2 Å². The van der Waals surface area contributed by atoms with Crippen LogP contribution in [0.5, 0.6) is 0 Å². The van der Waals surface area contributed by atoms with E-state index in [1.807, 2.05) is 6.92 Å². The third-order valence-electron chi connectivity index (χ3n) is 5.09. The third kappa shape index (κ3) is 7.58. The number of aryl methyl sites for hydroxylation is 1. The molecule has 1 aliphatic rings. The van der Waals surface area contributed by atoms with Crippen LogP contribution in [0.1, 0.15) is 44.0 Å². The molecule has 0 bridgehead atoms. The van der Waals surface area contributed by atoms with Crippen LogP contribution in [0.3, 0.4) is 0 Å². The van der Waals surface area contributed by atoms with Gasteiger partial charge in [-0.1, -0.05) is 35.5 Å². The van der Waals surface area contributed by atoms with E-state index in [-0.39, 0.29) is 24.0 Å². The van der Waals surface area contributed by atoms with Gasteiger partial charge in [0.05, 0.1) is 6.54 Å². The lowest BCUT2D eigenvalue weighted by Crippen LogP contribution is -2.51. The number of benzene rings is 1. The van der Waals surface area contributed by atoms with Crippen LogP contribution in [-0.2, 0) is 13.0 Å². The SMILES string of the molecule is CCNC(=NCCc1nc(C)no1)NC1CCN(Cc2ccccc2)C(C)C1.I. The molecule has 0 aliphatic carbocycles. The highest BCUT2D eigenvalue weighted by Crippen LogP contribution is 2.19. The summed E-state index contributed by atoms with van der Waals surface area (Å²) in [5.74, 6) is 2.17. The molecule has 0 saturated carbocycles. The first-order valence-electron chi connectivity index (χ1n) is 10.3. The van der Waals surface area contributed by atoms with Gasteiger partial charge in [-0.3, -0.25) is 9.89 Å². The van der Waals surface area contributed by atoms with Gasteiger partial charge in [-0.25, -0.2) is 0 Å². The van der Waals surface area contributed by atoms with Gasteiger partial charge in [0.15, 0.2) is 11.8 Å². The molecule has 0 amide bonds. The largest absolute Gasteiger partial charge is 0.357 e. The van der Waals surface area contributed by atoms with E-state index >= 15 is 0 Å². The molecule has 3 rings (SSSR count). The van der Waals surface area contributed by atoms with Crippen molar-refractivity contribution in [2.75, 3.05) is 19.6 Å². The van der Waals surface area contributed by atoms with Gasteiger partial charge >= 0.3 is 0 Å². The van der Waals surface area contributed by atoms with Gasteiger partial charge in [-0.2, -0.15) is 4.98 Å². The fourth-order valence-electron chi connectivity index (χ4n) is 3.62. The lowest BCUT2D eigenvalue weighted by Gasteiger charge is -2.38. The van der Waals surface area contributed by atoms with Crippen molar-refractivity contribution in [2.24, 2.45) is 4.99 Å². The Morgan fingerprint density at radius 3 is 2.76 bits per heavy atom. The number of halogens is 1. The van der Waals surface area contributed by atoms with Gasteiger partial charge in [-0.15, -0.1) is 24.0 Å². The highest BCUT2D eigenvalue weighted by Gasteiger charge is 2.25. The molecular weight excluding hydrogens is 479 g/mol. The monoisotopic (exact) mass is 512 g/mol. The zero-order chi connectivity index (χ0) is 19.8. The molecule has 0 radical (unpaired) electrons. The third-order valence-corrected chi connectivity index (χ3v) is 5.09. The lowest BCUT2D eigenvalue weighted by atomic mass is 9.97. The van der Waals surface area contributed by atoms with Crippen molar-refractivity contribution in [3.8, 4) is 0 Å². The molecule has 2 N–H and O–H groups in total. The molecule has 1 fully saturated rings. The van der Waals surface area contributed by atoms with Crippen molar-refractivity contribution in [3.63, 3.8) is 0 Å². The number of likely N-dealkylation sites (tertiary alicyclic amines) is 1. The van der Waals surface area contributed by atoms with Crippen LogP contribution in [0.25, 0.3) is 0 Å². The number of aliphatic imine (C=N–C) groups is 1. The quantitative estimate of drug-likeness (QED) is 0.337. The zero-order valence-electron chi connectivity index (χ0n) is 17.6. The Kier molecular flexibility index (Phi) is 9.86. The molecule has 2 heterocycles. The summed E-state index contributed by atoms with van der Waals surface area (Å²) < 4.78 is 5.15. The number of piperidine rings is 1. The smallest absolute Gasteiger partial charge is 0.228 e. The molecule has 7 nitrogen and oxygen atoms in total. The van der Waals surface area contributed by atoms with E-state index in [1.54, 1.807) is 0 Å². The second-order valence-corrected chi connectivity index (χ2v) is 7.42. The predicted octanol–water partition coefficient (Wildman–Crippen LogP) is 3.15. The van der Waals surface area contributed by atoms with Crippen LogP contribution < -0.4 is 10.6 Å². The minimum absolute atomic E-state index is 0. The van der Waals surface area contributed by atoms with Gasteiger partial charge in [0, 0.05) is 38.1 Å². The standard InChI is InChI=1S/C21H32N6O.HI/c1-4-22-21(23-12-10-20-24-17(3)26-28-20)25-19-11-13-27(16(2)14-19)15-18-8-6-5-7-9-18;/h5-9,16,19H,4,10-15H2,1-3H3,(H2,22,23,25);1H. The van der Waals surface area contributed by atoms with Crippen LogP contribution in [0.4, 0.5) is 0 Å². The zero-order valence-corrected chi connectivity index (χ0v) is 19.9. The van der Waals surface area contributed by atoms with E-state index < -0.39 is 0 Å². The van der Waals surface area contributed by atoms with Gasteiger partial charge in [0.2, 0.25) is 5.89 Å². The molecule has 1 aromatic carbocycles. The summed E-state index contributed by atoms with van der Waals surface area (Å²) in [5, 5.41) is 10.8. The summed E-state index contributed by atoms with van der Waals surface area (Å²) in [6, 6.07) is 11.7. The number of hydrogen-bond donors (Lipinski definition) is 2. The fourth-order valence-corrected chi connectivity index (χ4v) is 3.62. The predicted molar refractivity (Wildman–Crippen MR) is 127 cm³/mol. The molecule has 2 unspecified atom stereocenters. The Balaban J connectivity index is 0.00000300. The van der Waals surface area contributed by atoms with Crippen LogP contribution >= 0.6 is 24.0 Å². The fraction of sp³-hybridized carbons (Fsp3) is 0.571. The van der Waals surface area contributed by atoms with Crippen LogP contribution in [-0.4, -0.2) is 52.7 Å². The molecular formula is C21H33IN6O. The van der Waals surface area contributed by atoms with Crippen LogP contribution in [0.2, 0.25) is 0 Å². The second-order valence-electron chi connectivity index (χ2n) is 7.42. The topological polar surface area (TPSA) is 78.6 Å². The first kappa shape index (κ1) is 23.6. The normalized spacial score (nSPS) is 20.2. The molecule has 1 aliphatic heterocycles. The Morgan fingerprint density at radius 1 is 1.31 bits per heavy atom. The van der Waals surface area contributed by atoms with Crippen molar-refractivity contribution in [3.05, 3.63) is 47.6 Å². The summed E-state index contributed by atoms with van der Waals surface area (Å²) in [5.41, 5.74) is 1.38. The van der Waals surface area contributed by atoms with Gasteiger partial charge in [0.25, 0.3) is 0 Å². The highest BCUT2D eigenvalue weighted by molar-refractivity contribution is 14.0. The van der Waals surface area contributed by atoms with E-state index in [0.29, 0.717) is 36.8 Å². The highest BCUT2D eigenvalue weighted by atomic mass is 127. The van der Waals surface area contributed by atoms with E-state index in [4.69, 9.17) is 4.52 Å². The van der Waals surface area contributed by atoms with E-state index in [0.717, 1.165) is 38.4 Å². The first-order chi connectivity index (χ1) is 13.6. The maximum atomic E-state index is 5.15. The summed E-state index contributed by atoms with van der Waals surface area (Å²) in [7, 11) is 0. The van der Waals surface area contributed by atoms with E-state index in [1.165, 1.54) is 5.56 Å². The van der Waals surface area contributed by atoms with Gasteiger partial charge in [-0.05, 0) is 39.2 Å². The molecule has 1 aromatic heterocycles. The number of guanidine groups is 1. The van der Waals surface area contributed by atoms with Crippen molar-refractivity contribution in [1.82, 2.24) is 25.7 Å². The number of aromatic nitrogens is 2.